The van der Waals surface area contributed by atoms with Gasteiger partial charge >= 0.3 is 5.97 Å². The number of nitrogens with zero attached hydrogens (tertiary/aromatic N) is 1. The second-order valence-electron chi connectivity index (χ2n) is 7.68. The van der Waals surface area contributed by atoms with Crippen molar-refractivity contribution in [3.63, 3.8) is 0 Å². The van der Waals surface area contributed by atoms with Gasteiger partial charge in [0, 0.05) is 13.1 Å². The van der Waals surface area contributed by atoms with Crippen molar-refractivity contribution in [2.75, 3.05) is 19.7 Å². The highest BCUT2D eigenvalue weighted by Gasteiger charge is 2.35. The highest BCUT2D eigenvalue weighted by atomic mass is 32.2. The molecule has 0 radical (unpaired) electrons. The van der Waals surface area contributed by atoms with Crippen LogP contribution in [0, 0.1) is 12.8 Å². The van der Waals surface area contributed by atoms with Gasteiger partial charge in [0.15, 0.2) is 0 Å². The number of esters is 1. The van der Waals surface area contributed by atoms with E-state index < -0.39 is 10.0 Å². The number of carbonyl (C=O) groups is 1. The van der Waals surface area contributed by atoms with Gasteiger partial charge in [-0.2, -0.15) is 4.31 Å². The van der Waals surface area contributed by atoms with Crippen molar-refractivity contribution < 1.29 is 17.9 Å². The van der Waals surface area contributed by atoms with E-state index in [4.69, 9.17) is 4.74 Å². The van der Waals surface area contributed by atoms with Gasteiger partial charge in [0.2, 0.25) is 10.0 Å². The van der Waals surface area contributed by atoms with E-state index in [-0.39, 0.29) is 23.8 Å². The molecule has 1 heterocycles. The van der Waals surface area contributed by atoms with Crippen molar-refractivity contribution >= 4 is 16.0 Å². The second-order valence-corrected chi connectivity index (χ2v) is 9.59. The fraction of sp³-hybridized carbons (Fsp3) is 0.632. The van der Waals surface area contributed by atoms with Crippen molar-refractivity contribution in [2.24, 2.45) is 5.92 Å². The van der Waals surface area contributed by atoms with Gasteiger partial charge in [-0.15, -0.1) is 0 Å². The van der Waals surface area contributed by atoms with Crippen molar-refractivity contribution in [3.05, 3.63) is 29.3 Å². The lowest BCUT2D eigenvalue weighted by Crippen LogP contribution is -2.43. The Balaban J connectivity index is 2.33. The van der Waals surface area contributed by atoms with Crippen LogP contribution >= 0.6 is 0 Å². The zero-order chi connectivity index (χ0) is 18.8. The molecule has 6 heteroatoms. The maximum atomic E-state index is 13.2. The van der Waals surface area contributed by atoms with Crippen LogP contribution in [0.2, 0.25) is 0 Å². The maximum Gasteiger partial charge on any atom is 0.310 e. The number of ether oxygens (including phenoxy) is 1. The largest absolute Gasteiger partial charge is 0.466 e. The molecular weight excluding hydrogens is 338 g/mol. The number of rotatable bonds is 4. The standard InChI is InChI=1S/C19H29NO4S/c1-6-24-18(21)15-8-7-11-20(13-15)25(22,23)17-12-16(19(3,4)5)10-9-14(17)2/h9-10,12,15H,6-8,11,13H2,1-5H3. The Labute approximate surface area is 151 Å². The van der Waals surface area contributed by atoms with Crippen LogP contribution in [0.3, 0.4) is 0 Å². The summed E-state index contributed by atoms with van der Waals surface area (Å²) < 4.78 is 32.9. The smallest absolute Gasteiger partial charge is 0.310 e. The first-order chi connectivity index (χ1) is 11.6. The van der Waals surface area contributed by atoms with Crippen molar-refractivity contribution in [1.82, 2.24) is 4.31 Å². The summed E-state index contributed by atoms with van der Waals surface area (Å²) in [6, 6.07) is 5.62. The summed E-state index contributed by atoms with van der Waals surface area (Å²) in [4.78, 5) is 12.4. The topological polar surface area (TPSA) is 63.7 Å². The fourth-order valence-electron chi connectivity index (χ4n) is 3.10. The van der Waals surface area contributed by atoms with Crippen molar-refractivity contribution in [1.29, 1.82) is 0 Å². The highest BCUT2D eigenvalue weighted by Crippen LogP contribution is 2.30. The molecule has 0 bridgehead atoms. The number of sulfonamides is 1. The number of benzene rings is 1. The second kappa shape index (κ2) is 7.46. The molecule has 2 rings (SSSR count). The van der Waals surface area contributed by atoms with E-state index in [1.165, 1.54) is 4.31 Å². The predicted octanol–water partition coefficient (Wildman–Crippen LogP) is 3.26. The van der Waals surface area contributed by atoms with Gasteiger partial charge in [0.1, 0.15) is 0 Å². The van der Waals surface area contributed by atoms with Crippen LogP contribution in [0.4, 0.5) is 0 Å². The minimum Gasteiger partial charge on any atom is -0.466 e. The van der Waals surface area contributed by atoms with E-state index in [2.05, 4.69) is 20.8 Å². The Hall–Kier alpha value is -1.40. The molecule has 0 saturated carbocycles. The molecule has 1 saturated heterocycles. The summed E-state index contributed by atoms with van der Waals surface area (Å²) in [5.41, 5.74) is 1.58. The predicted molar refractivity (Wildman–Crippen MR) is 98.0 cm³/mol. The third kappa shape index (κ3) is 4.42. The fourth-order valence-corrected chi connectivity index (χ4v) is 4.87. The molecule has 1 aromatic carbocycles. The van der Waals surface area contributed by atoms with Gasteiger partial charge in [-0.25, -0.2) is 8.42 Å². The molecule has 5 nitrogen and oxygen atoms in total. The molecule has 0 aromatic heterocycles. The van der Waals surface area contributed by atoms with Crippen LogP contribution in [0.1, 0.15) is 51.7 Å². The van der Waals surface area contributed by atoms with Crippen molar-refractivity contribution in [2.45, 2.75) is 57.8 Å². The zero-order valence-electron chi connectivity index (χ0n) is 15.8. The Kier molecular flexibility index (Phi) is 5.94. The normalized spacial score (nSPS) is 19.6. The van der Waals surface area contributed by atoms with Gasteiger partial charge in [0.05, 0.1) is 17.4 Å². The molecule has 25 heavy (non-hydrogen) atoms. The quantitative estimate of drug-likeness (QED) is 0.766. The summed E-state index contributed by atoms with van der Waals surface area (Å²) in [6.07, 6.45) is 1.34. The molecule has 1 aliphatic rings. The SMILES string of the molecule is CCOC(=O)C1CCCN(S(=O)(=O)c2cc(C(C)(C)C)ccc2C)C1. The molecule has 0 amide bonds. The average molecular weight is 368 g/mol. The number of hydrogen-bond acceptors (Lipinski definition) is 4. The summed E-state index contributed by atoms with van der Waals surface area (Å²) in [5.74, 6) is -0.683. The summed E-state index contributed by atoms with van der Waals surface area (Å²) in [5, 5.41) is 0. The molecule has 0 spiro atoms. The number of carbonyl (C=O) groups excluding carboxylic acids is 1. The lowest BCUT2D eigenvalue weighted by atomic mass is 9.87. The first kappa shape index (κ1) is 19.9. The zero-order valence-corrected chi connectivity index (χ0v) is 16.6. The Morgan fingerprint density at radius 3 is 2.60 bits per heavy atom. The van der Waals surface area contributed by atoms with Crippen LogP contribution in [-0.4, -0.2) is 38.4 Å². The monoisotopic (exact) mass is 367 g/mol. The van der Waals surface area contributed by atoms with Crippen LogP contribution < -0.4 is 0 Å². The van der Waals surface area contributed by atoms with Crippen LogP contribution in [0.15, 0.2) is 23.1 Å². The first-order valence-electron chi connectivity index (χ1n) is 8.85. The molecule has 140 valence electrons. The van der Waals surface area contributed by atoms with Gasteiger partial charge in [-0.1, -0.05) is 32.9 Å². The third-order valence-corrected chi connectivity index (χ3v) is 6.68. The minimum absolute atomic E-state index is 0.132. The lowest BCUT2D eigenvalue weighted by Gasteiger charge is -2.31. The molecule has 1 aromatic rings. The Bertz CT molecular complexity index is 734. The van der Waals surface area contributed by atoms with E-state index >= 15 is 0 Å². The molecule has 1 aliphatic heterocycles. The molecule has 1 unspecified atom stereocenters. The van der Waals surface area contributed by atoms with Gasteiger partial charge in [-0.05, 0) is 49.3 Å². The summed E-state index contributed by atoms with van der Waals surface area (Å²) in [6.45, 7) is 10.7. The molecule has 0 N–H and O–H groups in total. The Morgan fingerprint density at radius 1 is 1.32 bits per heavy atom. The van der Waals surface area contributed by atoms with Crippen molar-refractivity contribution in [3.8, 4) is 0 Å². The number of piperidine rings is 1. The average Bonchev–Trinajstić information content (AvgIpc) is 2.54. The van der Waals surface area contributed by atoms with Gasteiger partial charge in [0.25, 0.3) is 0 Å². The van der Waals surface area contributed by atoms with E-state index in [9.17, 15) is 13.2 Å². The van der Waals surface area contributed by atoms with Crippen LogP contribution in [-0.2, 0) is 25.0 Å². The van der Waals surface area contributed by atoms with E-state index in [1.54, 1.807) is 13.0 Å². The van der Waals surface area contributed by atoms with Gasteiger partial charge in [-0.3, -0.25) is 4.79 Å². The van der Waals surface area contributed by atoms with E-state index in [1.807, 2.05) is 19.1 Å². The molecular formula is C19H29NO4S. The summed E-state index contributed by atoms with van der Waals surface area (Å²) >= 11 is 0. The lowest BCUT2D eigenvalue weighted by molar-refractivity contribution is -0.149. The van der Waals surface area contributed by atoms with Crippen LogP contribution in [0.25, 0.3) is 0 Å². The van der Waals surface area contributed by atoms with E-state index in [0.29, 0.717) is 30.9 Å². The minimum atomic E-state index is -3.63. The van der Waals surface area contributed by atoms with Crippen LogP contribution in [0.5, 0.6) is 0 Å². The highest BCUT2D eigenvalue weighted by molar-refractivity contribution is 7.89. The number of aryl methyl sites for hydroxylation is 1. The number of hydrogen-bond donors (Lipinski definition) is 0. The third-order valence-electron chi connectivity index (χ3n) is 4.68. The molecule has 1 fully saturated rings. The summed E-state index contributed by atoms with van der Waals surface area (Å²) in [7, 11) is -3.63. The maximum absolute atomic E-state index is 13.2. The molecule has 1 atom stereocenters. The first-order valence-corrected chi connectivity index (χ1v) is 10.3. The van der Waals surface area contributed by atoms with Gasteiger partial charge < -0.3 is 4.74 Å². The molecule has 0 aliphatic carbocycles. The van der Waals surface area contributed by atoms with E-state index in [0.717, 1.165) is 11.1 Å². The Morgan fingerprint density at radius 2 is 2.00 bits per heavy atom.